The van der Waals surface area contributed by atoms with E-state index in [-0.39, 0.29) is 5.91 Å². The molecule has 1 heterocycles. The molecule has 0 spiro atoms. The van der Waals surface area contributed by atoms with E-state index in [1.807, 2.05) is 30.3 Å². The van der Waals surface area contributed by atoms with Crippen molar-refractivity contribution in [3.8, 4) is 0 Å². The van der Waals surface area contributed by atoms with Crippen LogP contribution in [0.4, 0.5) is 0 Å². The second-order valence-corrected chi connectivity index (χ2v) is 5.95. The summed E-state index contributed by atoms with van der Waals surface area (Å²) >= 11 is 0. The van der Waals surface area contributed by atoms with Crippen LogP contribution in [-0.4, -0.2) is 43.3 Å². The Labute approximate surface area is 126 Å². The molecule has 1 saturated heterocycles. The molecule has 0 saturated carbocycles. The molecule has 1 aromatic carbocycles. The molecule has 1 fully saturated rings. The van der Waals surface area contributed by atoms with Gasteiger partial charge in [-0.25, -0.2) is 0 Å². The van der Waals surface area contributed by atoms with Gasteiger partial charge in [0.05, 0.1) is 6.04 Å². The van der Waals surface area contributed by atoms with Crippen LogP contribution in [0, 0.1) is 5.92 Å². The molecule has 4 heteroatoms. The molecule has 4 nitrogen and oxygen atoms in total. The molecule has 0 aliphatic carbocycles. The minimum atomic E-state index is -0.425. The summed E-state index contributed by atoms with van der Waals surface area (Å²) in [6.07, 6.45) is 4.05. The third-order valence-electron chi connectivity index (χ3n) is 4.12. The van der Waals surface area contributed by atoms with Crippen molar-refractivity contribution in [3.63, 3.8) is 0 Å². The van der Waals surface area contributed by atoms with Gasteiger partial charge in [-0.3, -0.25) is 4.79 Å². The molecule has 0 bridgehead atoms. The first-order valence-corrected chi connectivity index (χ1v) is 7.64. The number of amides is 1. The molecule has 0 radical (unpaired) electrons. The van der Waals surface area contributed by atoms with Crippen molar-refractivity contribution in [2.45, 2.75) is 31.7 Å². The SMILES string of the molecule is CN1CCC(CC(=O)N[C@H](C=O)Cc2ccccc2)CC1. The summed E-state index contributed by atoms with van der Waals surface area (Å²) in [5, 5.41) is 2.85. The highest BCUT2D eigenvalue weighted by Crippen LogP contribution is 2.19. The van der Waals surface area contributed by atoms with E-state index >= 15 is 0 Å². The molecule has 21 heavy (non-hydrogen) atoms. The standard InChI is InChI=1S/C17H24N2O2/c1-19-9-7-15(8-10-19)12-17(21)18-16(13-20)11-14-5-3-2-4-6-14/h2-6,13,15-16H,7-12H2,1H3,(H,18,21)/t16-/m0/s1. The lowest BCUT2D eigenvalue weighted by Gasteiger charge is -2.28. The van der Waals surface area contributed by atoms with Gasteiger partial charge in [0.2, 0.25) is 5.91 Å². The lowest BCUT2D eigenvalue weighted by molar-refractivity contribution is -0.125. The normalized spacial score (nSPS) is 18.1. The van der Waals surface area contributed by atoms with Crippen LogP contribution in [-0.2, 0) is 16.0 Å². The fourth-order valence-electron chi connectivity index (χ4n) is 2.80. The Hall–Kier alpha value is -1.68. The Morgan fingerprint density at radius 1 is 1.33 bits per heavy atom. The number of nitrogens with one attached hydrogen (secondary N) is 1. The van der Waals surface area contributed by atoms with E-state index in [0.717, 1.165) is 37.8 Å². The first-order chi connectivity index (χ1) is 10.2. The Balaban J connectivity index is 1.78. The van der Waals surface area contributed by atoms with Crippen LogP contribution in [0.2, 0.25) is 0 Å². The molecule has 1 aromatic rings. The van der Waals surface area contributed by atoms with Crippen molar-refractivity contribution in [1.82, 2.24) is 10.2 Å². The first-order valence-electron chi connectivity index (χ1n) is 7.64. The number of rotatable bonds is 6. The molecule has 1 amide bonds. The van der Waals surface area contributed by atoms with Crippen LogP contribution in [0.25, 0.3) is 0 Å². The van der Waals surface area contributed by atoms with E-state index in [4.69, 9.17) is 0 Å². The Morgan fingerprint density at radius 3 is 2.62 bits per heavy atom. The molecule has 2 rings (SSSR count). The van der Waals surface area contributed by atoms with Gasteiger partial charge in [-0.05, 0) is 50.9 Å². The maximum Gasteiger partial charge on any atom is 0.220 e. The van der Waals surface area contributed by atoms with E-state index in [2.05, 4.69) is 17.3 Å². The molecule has 1 aliphatic heterocycles. The minimum absolute atomic E-state index is 0.00224. The lowest BCUT2D eigenvalue weighted by Crippen LogP contribution is -2.39. The summed E-state index contributed by atoms with van der Waals surface area (Å²) in [4.78, 5) is 25.5. The smallest absolute Gasteiger partial charge is 0.220 e. The summed E-state index contributed by atoms with van der Waals surface area (Å²) in [6.45, 7) is 2.11. The third-order valence-corrected chi connectivity index (χ3v) is 4.12. The van der Waals surface area contributed by atoms with Crippen LogP contribution in [0.15, 0.2) is 30.3 Å². The van der Waals surface area contributed by atoms with E-state index in [1.165, 1.54) is 0 Å². The largest absolute Gasteiger partial charge is 0.346 e. The zero-order valence-electron chi connectivity index (χ0n) is 12.6. The number of hydrogen-bond acceptors (Lipinski definition) is 3. The highest BCUT2D eigenvalue weighted by atomic mass is 16.2. The summed E-state index contributed by atoms with van der Waals surface area (Å²) in [7, 11) is 2.11. The molecule has 1 atom stereocenters. The number of carbonyl (C=O) groups is 2. The first kappa shape index (κ1) is 15.7. The van der Waals surface area contributed by atoms with E-state index in [9.17, 15) is 9.59 Å². The fraction of sp³-hybridized carbons (Fsp3) is 0.529. The number of nitrogens with zero attached hydrogens (tertiary/aromatic N) is 1. The molecule has 114 valence electrons. The summed E-state index contributed by atoms with van der Waals surface area (Å²) in [5.41, 5.74) is 1.06. The van der Waals surface area contributed by atoms with Gasteiger partial charge in [0.15, 0.2) is 0 Å². The predicted octanol–water partition coefficient (Wildman–Crippen LogP) is 1.64. The highest BCUT2D eigenvalue weighted by Gasteiger charge is 2.21. The average molecular weight is 288 g/mol. The molecule has 1 aliphatic rings. The van der Waals surface area contributed by atoms with Crippen molar-refractivity contribution in [3.05, 3.63) is 35.9 Å². The Kier molecular flexibility index (Phi) is 5.93. The van der Waals surface area contributed by atoms with Gasteiger partial charge in [0.1, 0.15) is 6.29 Å². The van der Waals surface area contributed by atoms with Crippen LogP contribution in [0.3, 0.4) is 0 Å². The van der Waals surface area contributed by atoms with Gasteiger partial charge < -0.3 is 15.0 Å². The molecular weight excluding hydrogens is 264 g/mol. The van der Waals surface area contributed by atoms with Crippen molar-refractivity contribution in [1.29, 1.82) is 0 Å². The van der Waals surface area contributed by atoms with Gasteiger partial charge in [-0.15, -0.1) is 0 Å². The number of carbonyl (C=O) groups excluding carboxylic acids is 2. The van der Waals surface area contributed by atoms with Gasteiger partial charge in [0, 0.05) is 6.42 Å². The molecule has 0 unspecified atom stereocenters. The zero-order chi connectivity index (χ0) is 15.1. The van der Waals surface area contributed by atoms with Crippen molar-refractivity contribution >= 4 is 12.2 Å². The predicted molar refractivity (Wildman–Crippen MR) is 83.0 cm³/mol. The monoisotopic (exact) mass is 288 g/mol. The molecule has 1 N–H and O–H groups in total. The van der Waals surface area contributed by atoms with Crippen molar-refractivity contribution in [2.75, 3.05) is 20.1 Å². The second kappa shape index (κ2) is 7.93. The van der Waals surface area contributed by atoms with Gasteiger partial charge in [-0.1, -0.05) is 30.3 Å². The Bertz CT molecular complexity index is 453. The number of piperidine rings is 1. The maximum absolute atomic E-state index is 12.1. The third kappa shape index (κ3) is 5.31. The number of benzene rings is 1. The average Bonchev–Trinajstić information content (AvgIpc) is 2.50. The second-order valence-electron chi connectivity index (χ2n) is 5.95. The van der Waals surface area contributed by atoms with E-state index < -0.39 is 6.04 Å². The number of hydrogen-bond donors (Lipinski definition) is 1. The van der Waals surface area contributed by atoms with Gasteiger partial charge >= 0.3 is 0 Å². The number of likely N-dealkylation sites (tertiary alicyclic amines) is 1. The van der Waals surface area contributed by atoms with E-state index in [1.54, 1.807) is 0 Å². The lowest BCUT2D eigenvalue weighted by atomic mass is 9.93. The van der Waals surface area contributed by atoms with Gasteiger partial charge in [-0.2, -0.15) is 0 Å². The fourth-order valence-corrected chi connectivity index (χ4v) is 2.80. The summed E-state index contributed by atoms with van der Waals surface area (Å²) in [5.74, 6) is 0.447. The van der Waals surface area contributed by atoms with Crippen LogP contribution < -0.4 is 5.32 Å². The molecular formula is C17H24N2O2. The topological polar surface area (TPSA) is 49.4 Å². The van der Waals surface area contributed by atoms with E-state index in [0.29, 0.717) is 18.8 Å². The van der Waals surface area contributed by atoms with Crippen LogP contribution >= 0.6 is 0 Å². The maximum atomic E-state index is 12.1. The number of aldehydes is 1. The quantitative estimate of drug-likeness (QED) is 0.810. The van der Waals surface area contributed by atoms with Crippen LogP contribution in [0.1, 0.15) is 24.8 Å². The van der Waals surface area contributed by atoms with Crippen LogP contribution in [0.5, 0.6) is 0 Å². The zero-order valence-corrected chi connectivity index (χ0v) is 12.6. The van der Waals surface area contributed by atoms with Gasteiger partial charge in [0.25, 0.3) is 0 Å². The van der Waals surface area contributed by atoms with Crippen molar-refractivity contribution < 1.29 is 9.59 Å². The minimum Gasteiger partial charge on any atom is -0.346 e. The summed E-state index contributed by atoms with van der Waals surface area (Å²) in [6, 6.07) is 9.35. The molecule has 0 aromatic heterocycles. The van der Waals surface area contributed by atoms with Crippen molar-refractivity contribution in [2.24, 2.45) is 5.92 Å². The highest BCUT2D eigenvalue weighted by molar-refractivity contribution is 5.79. The Morgan fingerprint density at radius 2 is 2.00 bits per heavy atom. The summed E-state index contributed by atoms with van der Waals surface area (Å²) < 4.78 is 0.